The lowest BCUT2D eigenvalue weighted by Gasteiger charge is -2.22. The molecule has 0 bridgehead atoms. The van der Waals surface area contributed by atoms with Gasteiger partial charge in [0.05, 0.1) is 32.2 Å². The molecule has 0 saturated carbocycles. The minimum atomic E-state index is -4.26. The highest BCUT2D eigenvalue weighted by molar-refractivity contribution is 7.85. The molecule has 0 aliphatic rings. The Balaban J connectivity index is 1.93. The summed E-state index contributed by atoms with van der Waals surface area (Å²) in [6.45, 7) is 2.42. The lowest BCUT2D eigenvalue weighted by Crippen LogP contribution is -2.32. The number of hydrogen-bond acceptors (Lipinski definition) is 21. The molecule has 0 fully saturated rings. The number of rotatable bonds is 22. The zero-order chi connectivity index (χ0) is 35.1. The summed E-state index contributed by atoms with van der Waals surface area (Å²) in [6, 6.07) is 6.62. The number of anilines is 8. The number of aliphatic hydroxyl groups excluding tert-OH is 4. The number of nitrogens with zero attached hydrogens (tertiary/aromatic N) is 8. The van der Waals surface area contributed by atoms with Crippen LogP contribution in [-0.2, 0) is 25.5 Å². The summed E-state index contributed by atoms with van der Waals surface area (Å²) in [5.74, 6) is -0.767. The first-order valence-corrected chi connectivity index (χ1v) is 16.6. The molecule has 22 nitrogen and oxygen atoms in total. The summed E-state index contributed by atoms with van der Waals surface area (Å²) in [7, 11) is -4.26. The van der Waals surface area contributed by atoms with Crippen molar-refractivity contribution in [3.63, 3.8) is 0 Å². The third-order valence-corrected chi connectivity index (χ3v) is 7.19. The molecule has 0 saturated heterocycles. The summed E-state index contributed by atoms with van der Waals surface area (Å²) >= 11 is -2.34. The standard InChI is InChI=1S/C24H36N12O10S2/c1-16(47(42)46-41)26-20-30-22(34-24(32-20)36(8-12-39)9-13-40)28-18-4-2-3-17(15-18)27-21-29-19(25-5-14-48(43,44)45)31-23(33-21)35(6-10-37)7-11-38/h2-4,15,37-41H,1,5-14H2,(H,43,44,45)(H2,25,27,29,31,33)(H2,26,28,30,32,34). The monoisotopic (exact) mass is 716 g/mol. The second-order valence-corrected chi connectivity index (χ2v) is 12.0. The number of nitrogens with one attached hydrogen (secondary N) is 4. The number of aliphatic hydroxyl groups is 4. The molecule has 0 aliphatic carbocycles. The molecule has 0 radical (unpaired) electrons. The third kappa shape index (κ3) is 12.3. The number of aromatic nitrogens is 6. The molecule has 2 heterocycles. The maximum atomic E-state index is 11.8. The maximum absolute atomic E-state index is 11.8. The molecule has 264 valence electrons. The Bertz CT molecular complexity index is 1630. The van der Waals surface area contributed by atoms with Gasteiger partial charge in [0.15, 0.2) is 0 Å². The first-order chi connectivity index (χ1) is 23.0. The molecule has 0 aliphatic heterocycles. The second kappa shape index (κ2) is 18.8. The summed E-state index contributed by atoms with van der Waals surface area (Å²) in [5.41, 5.74) is 0.874. The van der Waals surface area contributed by atoms with E-state index < -0.39 is 27.0 Å². The van der Waals surface area contributed by atoms with Crippen LogP contribution in [0.2, 0.25) is 0 Å². The molecule has 1 atom stereocenters. The van der Waals surface area contributed by atoms with Gasteiger partial charge in [0, 0.05) is 44.1 Å². The zero-order valence-corrected chi connectivity index (χ0v) is 26.9. The quantitative estimate of drug-likeness (QED) is 0.0320. The molecule has 48 heavy (non-hydrogen) atoms. The van der Waals surface area contributed by atoms with Crippen LogP contribution < -0.4 is 31.1 Å². The van der Waals surface area contributed by atoms with Crippen molar-refractivity contribution >= 4 is 68.3 Å². The van der Waals surface area contributed by atoms with Crippen molar-refractivity contribution < 1.29 is 47.2 Å². The van der Waals surface area contributed by atoms with Crippen LogP contribution in [0.5, 0.6) is 0 Å². The predicted molar refractivity (Wildman–Crippen MR) is 175 cm³/mol. The average Bonchev–Trinajstić information content (AvgIpc) is 3.03. The predicted octanol–water partition coefficient (Wildman–Crippen LogP) is -1.54. The van der Waals surface area contributed by atoms with Crippen LogP contribution >= 0.6 is 0 Å². The molecular weight excluding hydrogens is 680 g/mol. The Labute approximate surface area is 276 Å². The van der Waals surface area contributed by atoms with E-state index >= 15 is 0 Å². The van der Waals surface area contributed by atoms with Crippen molar-refractivity contribution in [2.24, 2.45) is 0 Å². The van der Waals surface area contributed by atoms with E-state index in [0.717, 1.165) is 0 Å². The van der Waals surface area contributed by atoms with E-state index in [1.54, 1.807) is 24.3 Å². The minimum Gasteiger partial charge on any atom is -0.395 e. The lowest BCUT2D eigenvalue weighted by molar-refractivity contribution is -0.123. The van der Waals surface area contributed by atoms with Gasteiger partial charge in [-0.1, -0.05) is 12.6 Å². The highest BCUT2D eigenvalue weighted by Gasteiger charge is 2.17. The molecule has 2 aromatic heterocycles. The van der Waals surface area contributed by atoms with E-state index in [9.17, 15) is 33.1 Å². The van der Waals surface area contributed by atoms with Crippen molar-refractivity contribution in [3.8, 4) is 0 Å². The van der Waals surface area contributed by atoms with Crippen molar-refractivity contribution in [3.05, 3.63) is 35.9 Å². The SMILES string of the molecule is C=C(Nc1nc(Nc2cccc(Nc3nc(NCCS(=O)(=O)O)nc(N(CCO)CCO)n3)c2)nc(N(CCO)CCO)n1)S(=O)OO. The normalized spacial score (nSPS) is 11.9. The molecule has 3 aromatic rings. The van der Waals surface area contributed by atoms with E-state index in [-0.39, 0.29) is 99.9 Å². The first-order valence-electron chi connectivity index (χ1n) is 14.0. The summed E-state index contributed by atoms with van der Waals surface area (Å²) in [5, 5.41) is 57.6. The van der Waals surface area contributed by atoms with E-state index in [4.69, 9.17) is 9.81 Å². The van der Waals surface area contributed by atoms with Crippen LogP contribution in [0.1, 0.15) is 0 Å². The van der Waals surface area contributed by atoms with Gasteiger partial charge < -0.3 is 51.5 Å². The van der Waals surface area contributed by atoms with Gasteiger partial charge in [-0.25, -0.2) is 9.47 Å². The van der Waals surface area contributed by atoms with Crippen molar-refractivity contribution in [1.29, 1.82) is 0 Å². The number of hydrogen-bond donors (Lipinski definition) is 10. The summed E-state index contributed by atoms with van der Waals surface area (Å²) < 4.78 is 46.9. The van der Waals surface area contributed by atoms with Gasteiger partial charge in [0.25, 0.3) is 10.1 Å². The van der Waals surface area contributed by atoms with Crippen LogP contribution in [0.15, 0.2) is 35.9 Å². The third-order valence-electron chi connectivity index (χ3n) is 5.83. The maximum Gasteiger partial charge on any atom is 0.266 e. The van der Waals surface area contributed by atoms with Gasteiger partial charge >= 0.3 is 0 Å². The second-order valence-electron chi connectivity index (χ2n) is 9.33. The van der Waals surface area contributed by atoms with Crippen LogP contribution in [0, 0.1) is 0 Å². The topological polar surface area (TPSA) is 314 Å². The highest BCUT2D eigenvalue weighted by Crippen LogP contribution is 2.24. The van der Waals surface area contributed by atoms with Gasteiger partial charge in [0.2, 0.25) is 46.8 Å². The van der Waals surface area contributed by atoms with Crippen molar-refractivity contribution in [2.45, 2.75) is 0 Å². The van der Waals surface area contributed by atoms with E-state index in [1.807, 2.05) is 0 Å². The fourth-order valence-corrected chi connectivity index (χ4v) is 4.43. The van der Waals surface area contributed by atoms with Gasteiger partial charge in [-0.15, -0.1) is 4.33 Å². The van der Waals surface area contributed by atoms with Crippen LogP contribution in [0.25, 0.3) is 0 Å². The first kappa shape index (κ1) is 38.1. The Morgan fingerprint density at radius 1 is 0.792 bits per heavy atom. The molecule has 10 N–H and O–H groups in total. The lowest BCUT2D eigenvalue weighted by atomic mass is 10.3. The van der Waals surface area contributed by atoms with E-state index in [2.05, 4.69) is 62.1 Å². The Morgan fingerprint density at radius 2 is 1.25 bits per heavy atom. The minimum absolute atomic E-state index is 0.00239. The summed E-state index contributed by atoms with van der Waals surface area (Å²) in [6.07, 6.45) is 0. The van der Waals surface area contributed by atoms with Gasteiger partial charge in [-0.3, -0.25) is 4.55 Å². The zero-order valence-electron chi connectivity index (χ0n) is 25.3. The van der Waals surface area contributed by atoms with Gasteiger partial charge in [-0.2, -0.15) is 38.3 Å². The van der Waals surface area contributed by atoms with Crippen LogP contribution in [0.3, 0.4) is 0 Å². The Morgan fingerprint density at radius 3 is 1.71 bits per heavy atom. The molecule has 0 amide bonds. The Hall–Kier alpha value is -4.40. The Kier molecular flexibility index (Phi) is 14.9. The largest absolute Gasteiger partial charge is 0.395 e. The molecule has 24 heteroatoms. The molecule has 3 rings (SSSR count). The molecular formula is C24H36N12O10S2. The van der Waals surface area contributed by atoms with Crippen LogP contribution in [0.4, 0.5) is 47.1 Å². The van der Waals surface area contributed by atoms with Gasteiger partial charge in [0.1, 0.15) is 5.03 Å². The molecule has 1 aromatic carbocycles. The highest BCUT2D eigenvalue weighted by atomic mass is 32.2. The average molecular weight is 717 g/mol. The number of benzene rings is 1. The molecule has 0 spiro atoms. The van der Waals surface area contributed by atoms with Crippen molar-refractivity contribution in [1.82, 2.24) is 29.9 Å². The van der Waals surface area contributed by atoms with Crippen molar-refractivity contribution in [2.75, 3.05) is 96.0 Å². The van der Waals surface area contributed by atoms with E-state index in [0.29, 0.717) is 11.4 Å². The summed E-state index contributed by atoms with van der Waals surface area (Å²) in [4.78, 5) is 28.6. The smallest absolute Gasteiger partial charge is 0.266 e. The fraction of sp³-hybridized carbons (Fsp3) is 0.417. The van der Waals surface area contributed by atoms with Crippen LogP contribution in [-0.4, -0.2) is 138 Å². The fourth-order valence-electron chi connectivity index (χ4n) is 3.80. The van der Waals surface area contributed by atoms with Gasteiger partial charge in [-0.05, 0) is 18.2 Å². The molecule has 1 unspecified atom stereocenters. The van der Waals surface area contributed by atoms with E-state index in [1.165, 1.54) is 9.80 Å².